The third-order valence-electron chi connectivity index (χ3n) is 6.40. The van der Waals surface area contributed by atoms with Crippen molar-refractivity contribution in [2.24, 2.45) is 23.1 Å². The molecule has 11 N–H and O–H groups in total. The molecule has 14 nitrogen and oxygen atoms in total. The summed E-state index contributed by atoms with van der Waals surface area (Å²) in [7, 11) is 0. The van der Waals surface area contributed by atoms with E-state index in [0.29, 0.717) is 5.56 Å². The Labute approximate surface area is 249 Å². The van der Waals surface area contributed by atoms with Gasteiger partial charge in [0, 0.05) is 6.42 Å². The van der Waals surface area contributed by atoms with Gasteiger partial charge in [-0.3, -0.25) is 28.8 Å². The van der Waals surface area contributed by atoms with Gasteiger partial charge in [0.25, 0.3) is 0 Å². The van der Waals surface area contributed by atoms with E-state index in [1.807, 2.05) is 0 Å². The molecule has 0 saturated heterocycles. The molecule has 0 unspecified atom stereocenters. The van der Waals surface area contributed by atoms with Gasteiger partial charge in [-0.05, 0) is 35.6 Å². The van der Waals surface area contributed by atoms with E-state index in [9.17, 15) is 33.9 Å². The highest BCUT2D eigenvalue weighted by atomic mass is 16.3. The number of carbonyl (C=O) groups excluding carboxylic acids is 6. The SMILES string of the molecule is CC(C)[C@H](NC(=O)[C@H](Cc1ccccc1)NC(=O)CNC(=O)[C@@H](CC(N)=O)NC(=O)[C@@H](N)Cc1ccc(O)cc1)C(N)=O. The summed E-state index contributed by atoms with van der Waals surface area (Å²) in [6.07, 6.45) is -0.402. The number of rotatable bonds is 16. The number of phenols is 1. The standard InChI is InChI=1S/C29H39N7O7/c1-16(2)25(26(32)40)36-29(43)21(13-17-6-4-3-5-7-17)34-24(39)15-33-28(42)22(14-23(31)38)35-27(41)20(30)12-18-8-10-19(37)11-9-18/h3-11,16,20-22,25,37H,12-15,30H2,1-2H3,(H2,31,38)(H2,32,40)(H,33,42)(H,34,39)(H,35,41)(H,36,43)/t20-,21-,22+,25-/m0/s1. The lowest BCUT2D eigenvalue weighted by Crippen LogP contribution is -2.57. The van der Waals surface area contributed by atoms with Crippen molar-refractivity contribution >= 4 is 35.4 Å². The fraction of sp³-hybridized carbons (Fsp3) is 0.379. The van der Waals surface area contributed by atoms with Gasteiger partial charge in [-0.1, -0.05) is 56.3 Å². The molecule has 2 aromatic carbocycles. The van der Waals surface area contributed by atoms with Gasteiger partial charge in [0.1, 0.15) is 23.9 Å². The monoisotopic (exact) mass is 597 g/mol. The van der Waals surface area contributed by atoms with Crippen molar-refractivity contribution in [2.45, 2.75) is 57.3 Å². The highest BCUT2D eigenvalue weighted by Crippen LogP contribution is 2.11. The van der Waals surface area contributed by atoms with E-state index >= 15 is 0 Å². The largest absolute Gasteiger partial charge is 0.508 e. The molecule has 43 heavy (non-hydrogen) atoms. The molecule has 0 fully saturated rings. The third-order valence-corrected chi connectivity index (χ3v) is 6.40. The average Bonchev–Trinajstić information content (AvgIpc) is 2.94. The van der Waals surface area contributed by atoms with Crippen LogP contribution >= 0.6 is 0 Å². The van der Waals surface area contributed by atoms with Gasteiger partial charge in [-0.15, -0.1) is 0 Å². The molecule has 14 heteroatoms. The third kappa shape index (κ3) is 11.8. The molecule has 0 aliphatic carbocycles. The van der Waals surface area contributed by atoms with Gasteiger partial charge in [-0.25, -0.2) is 0 Å². The van der Waals surface area contributed by atoms with Crippen molar-refractivity contribution in [3.05, 3.63) is 65.7 Å². The van der Waals surface area contributed by atoms with Crippen LogP contribution in [0.5, 0.6) is 5.75 Å². The molecular formula is C29H39N7O7. The van der Waals surface area contributed by atoms with Crippen molar-refractivity contribution in [2.75, 3.05) is 6.54 Å². The lowest BCUT2D eigenvalue weighted by Gasteiger charge is -2.24. The topological polar surface area (TPSA) is 249 Å². The Bertz CT molecular complexity index is 1290. The van der Waals surface area contributed by atoms with Crippen molar-refractivity contribution < 1.29 is 33.9 Å². The lowest BCUT2D eigenvalue weighted by atomic mass is 10.0. The average molecular weight is 598 g/mol. The normalized spacial score (nSPS) is 13.6. The van der Waals surface area contributed by atoms with Crippen LogP contribution in [0.1, 0.15) is 31.4 Å². The Kier molecular flexibility index (Phi) is 13.1. The van der Waals surface area contributed by atoms with Crippen molar-refractivity contribution in [3.8, 4) is 5.75 Å². The highest BCUT2D eigenvalue weighted by Gasteiger charge is 2.29. The van der Waals surface area contributed by atoms with E-state index < -0.39 is 72.6 Å². The van der Waals surface area contributed by atoms with Gasteiger partial charge in [0.2, 0.25) is 35.4 Å². The summed E-state index contributed by atoms with van der Waals surface area (Å²) in [5.41, 5.74) is 18.0. The zero-order chi connectivity index (χ0) is 32.1. The molecule has 232 valence electrons. The summed E-state index contributed by atoms with van der Waals surface area (Å²) in [6, 6.07) is 10.2. The van der Waals surface area contributed by atoms with Crippen LogP contribution in [0, 0.1) is 5.92 Å². The first-order valence-electron chi connectivity index (χ1n) is 13.6. The maximum Gasteiger partial charge on any atom is 0.243 e. The first-order chi connectivity index (χ1) is 20.3. The number of nitrogens with two attached hydrogens (primary N) is 3. The maximum atomic E-state index is 13.1. The Morgan fingerprint density at radius 3 is 1.91 bits per heavy atom. The summed E-state index contributed by atoms with van der Waals surface area (Å²) in [4.78, 5) is 74.7. The number of phenolic OH excluding ortho intramolecular Hbond substituents is 1. The molecule has 6 amide bonds. The fourth-order valence-corrected chi connectivity index (χ4v) is 4.08. The summed E-state index contributed by atoms with van der Waals surface area (Å²) in [5, 5.41) is 19.2. The van der Waals surface area contributed by atoms with Crippen LogP contribution in [0.25, 0.3) is 0 Å². The molecule has 0 spiro atoms. The molecule has 0 aliphatic rings. The molecule has 2 aromatic rings. The van der Waals surface area contributed by atoms with Crippen LogP contribution in [0.2, 0.25) is 0 Å². The quantitative estimate of drug-likeness (QED) is 0.108. The molecule has 4 atom stereocenters. The van der Waals surface area contributed by atoms with Gasteiger partial charge in [-0.2, -0.15) is 0 Å². The smallest absolute Gasteiger partial charge is 0.243 e. The number of hydrogen-bond acceptors (Lipinski definition) is 8. The van der Waals surface area contributed by atoms with E-state index in [1.54, 1.807) is 56.3 Å². The minimum Gasteiger partial charge on any atom is -0.508 e. The van der Waals surface area contributed by atoms with Crippen molar-refractivity contribution in [1.82, 2.24) is 21.3 Å². The number of aromatic hydroxyl groups is 1. The first-order valence-corrected chi connectivity index (χ1v) is 13.6. The molecule has 0 bridgehead atoms. The molecule has 0 heterocycles. The summed E-state index contributed by atoms with van der Waals surface area (Å²) in [5.74, 6) is -4.90. The Balaban J connectivity index is 2.05. The summed E-state index contributed by atoms with van der Waals surface area (Å²) >= 11 is 0. The van der Waals surface area contributed by atoms with E-state index in [2.05, 4.69) is 21.3 Å². The number of nitrogens with one attached hydrogen (secondary N) is 4. The zero-order valence-electron chi connectivity index (χ0n) is 24.0. The minimum atomic E-state index is -1.42. The number of primary amides is 2. The number of benzene rings is 2. The second-order valence-electron chi connectivity index (χ2n) is 10.4. The maximum absolute atomic E-state index is 13.1. The van der Waals surface area contributed by atoms with Crippen LogP contribution in [0.4, 0.5) is 0 Å². The van der Waals surface area contributed by atoms with Crippen molar-refractivity contribution in [1.29, 1.82) is 0 Å². The fourth-order valence-electron chi connectivity index (χ4n) is 4.08. The van der Waals surface area contributed by atoms with Gasteiger partial charge in [0.15, 0.2) is 0 Å². The first kappa shape index (κ1) is 34.2. The number of amides is 6. The zero-order valence-corrected chi connectivity index (χ0v) is 24.0. The van der Waals surface area contributed by atoms with E-state index in [-0.39, 0.29) is 24.5 Å². The molecule has 0 saturated carbocycles. The van der Waals surface area contributed by atoms with E-state index in [1.165, 1.54) is 12.1 Å². The Morgan fingerprint density at radius 1 is 0.744 bits per heavy atom. The number of hydrogen-bond donors (Lipinski definition) is 8. The van der Waals surface area contributed by atoms with Crippen molar-refractivity contribution in [3.63, 3.8) is 0 Å². The predicted octanol–water partition coefficient (Wildman–Crippen LogP) is -1.91. The minimum absolute atomic E-state index is 0.0430. The van der Waals surface area contributed by atoms with Crippen LogP contribution in [-0.2, 0) is 41.6 Å². The predicted molar refractivity (Wildman–Crippen MR) is 157 cm³/mol. The van der Waals surface area contributed by atoms with Crippen LogP contribution in [-0.4, -0.2) is 71.3 Å². The summed E-state index contributed by atoms with van der Waals surface area (Å²) < 4.78 is 0. The molecule has 2 rings (SSSR count). The second kappa shape index (κ2) is 16.5. The van der Waals surface area contributed by atoms with E-state index in [0.717, 1.165) is 5.56 Å². The van der Waals surface area contributed by atoms with Gasteiger partial charge >= 0.3 is 0 Å². The molecule has 0 aliphatic heterocycles. The lowest BCUT2D eigenvalue weighted by molar-refractivity contribution is -0.133. The van der Waals surface area contributed by atoms with E-state index in [4.69, 9.17) is 17.2 Å². The highest BCUT2D eigenvalue weighted by molar-refractivity contribution is 5.96. The molecular weight excluding hydrogens is 558 g/mol. The summed E-state index contributed by atoms with van der Waals surface area (Å²) in [6.45, 7) is 2.81. The van der Waals surface area contributed by atoms with Crippen LogP contribution in [0.3, 0.4) is 0 Å². The molecule has 0 radical (unpaired) electrons. The second-order valence-corrected chi connectivity index (χ2v) is 10.4. The Hall–Kier alpha value is -4.98. The number of carbonyl (C=O) groups is 6. The van der Waals surface area contributed by atoms with Gasteiger partial charge < -0.3 is 43.6 Å². The van der Waals surface area contributed by atoms with Gasteiger partial charge in [0.05, 0.1) is 19.0 Å². The van der Waals surface area contributed by atoms with Crippen LogP contribution in [0.15, 0.2) is 54.6 Å². The molecule has 0 aromatic heterocycles. The van der Waals surface area contributed by atoms with Crippen LogP contribution < -0.4 is 38.5 Å². The Morgan fingerprint density at radius 2 is 1.35 bits per heavy atom.